The monoisotopic (exact) mass is 401 g/mol. The van der Waals surface area contributed by atoms with E-state index in [1.165, 1.54) is 0 Å². The molecule has 0 bridgehead atoms. The van der Waals surface area contributed by atoms with Crippen LogP contribution in [0.1, 0.15) is 36.9 Å². The van der Waals surface area contributed by atoms with Gasteiger partial charge in [-0.15, -0.1) is 10.2 Å². The predicted molar refractivity (Wildman–Crippen MR) is 113 cm³/mol. The maximum Gasteiger partial charge on any atom is 0.266 e. The fourth-order valence-corrected chi connectivity index (χ4v) is 4.04. The Morgan fingerprint density at radius 2 is 2.03 bits per heavy atom. The molecular formula is C23H23N5O2. The molecule has 0 amide bonds. The maximum absolute atomic E-state index is 6.02. The van der Waals surface area contributed by atoms with Crippen molar-refractivity contribution in [1.82, 2.24) is 25.1 Å². The number of nitrogens with zero attached hydrogens (tertiary/aromatic N) is 5. The molecule has 5 rings (SSSR count). The average molecular weight is 401 g/mol. The molecule has 0 unspecified atom stereocenters. The van der Waals surface area contributed by atoms with E-state index in [1.54, 1.807) is 13.3 Å². The lowest BCUT2D eigenvalue weighted by atomic mass is 10.0. The number of fused-ring (bicyclic) bond motifs is 1. The first-order valence-electron chi connectivity index (χ1n) is 10.2. The highest BCUT2D eigenvalue weighted by Gasteiger charge is 2.29. The first kappa shape index (κ1) is 18.7. The van der Waals surface area contributed by atoms with E-state index in [9.17, 15) is 0 Å². The number of hydrogen-bond donors (Lipinski definition) is 0. The number of hydrogen-bond acceptors (Lipinski definition) is 7. The molecule has 4 heterocycles. The average Bonchev–Trinajstić information content (AvgIpc) is 3.30. The molecule has 4 aromatic rings. The SMILES string of the molecule is COc1cccc2ccc(CN3CCCC[C@H]3c3nnc(-c4ccccn4)o3)nc12. The van der Waals surface area contributed by atoms with Crippen LogP contribution in [0.15, 0.2) is 59.1 Å². The summed E-state index contributed by atoms with van der Waals surface area (Å²) in [6.07, 6.45) is 5.00. The number of benzene rings is 1. The summed E-state index contributed by atoms with van der Waals surface area (Å²) in [6, 6.07) is 15.9. The standard InChI is InChI=1S/C23H23N5O2/c1-29-20-10-6-7-16-11-12-17(25-21(16)20)15-28-14-5-3-9-19(28)23-27-26-22(30-23)18-8-2-4-13-24-18/h2,4,6-8,10-13,19H,3,5,9,14-15H2,1H3/t19-/m0/s1. The summed E-state index contributed by atoms with van der Waals surface area (Å²) in [5.74, 6) is 1.90. The summed E-state index contributed by atoms with van der Waals surface area (Å²) >= 11 is 0. The normalized spacial score (nSPS) is 17.3. The van der Waals surface area contributed by atoms with Crippen molar-refractivity contribution in [3.8, 4) is 17.3 Å². The molecule has 7 heteroatoms. The van der Waals surface area contributed by atoms with E-state index in [2.05, 4.69) is 38.3 Å². The van der Waals surface area contributed by atoms with E-state index < -0.39 is 0 Å². The van der Waals surface area contributed by atoms with Gasteiger partial charge in [-0.2, -0.15) is 0 Å². The Morgan fingerprint density at radius 1 is 1.07 bits per heavy atom. The first-order valence-corrected chi connectivity index (χ1v) is 10.2. The molecule has 3 aromatic heterocycles. The van der Waals surface area contributed by atoms with Crippen LogP contribution < -0.4 is 4.74 Å². The Kier molecular flexibility index (Phi) is 5.11. The lowest BCUT2D eigenvalue weighted by Crippen LogP contribution is -2.33. The van der Waals surface area contributed by atoms with Crippen LogP contribution in [0.2, 0.25) is 0 Å². The highest BCUT2D eigenvalue weighted by atomic mass is 16.5. The quantitative estimate of drug-likeness (QED) is 0.490. The van der Waals surface area contributed by atoms with Gasteiger partial charge < -0.3 is 9.15 Å². The second-order valence-corrected chi connectivity index (χ2v) is 7.48. The minimum atomic E-state index is 0.0823. The van der Waals surface area contributed by atoms with Gasteiger partial charge in [0.2, 0.25) is 5.89 Å². The summed E-state index contributed by atoms with van der Waals surface area (Å²) in [7, 11) is 1.68. The Balaban J connectivity index is 1.41. The lowest BCUT2D eigenvalue weighted by molar-refractivity contribution is 0.117. The molecule has 1 aliphatic rings. The van der Waals surface area contributed by atoms with Crippen molar-refractivity contribution in [2.75, 3.05) is 13.7 Å². The molecule has 0 saturated carbocycles. The van der Waals surface area contributed by atoms with E-state index in [1.807, 2.05) is 30.3 Å². The van der Waals surface area contributed by atoms with Crippen molar-refractivity contribution in [2.45, 2.75) is 31.8 Å². The molecule has 0 aliphatic carbocycles. The Hall–Kier alpha value is -3.32. The number of methoxy groups -OCH3 is 1. The van der Waals surface area contributed by atoms with Crippen LogP contribution in [0, 0.1) is 0 Å². The lowest BCUT2D eigenvalue weighted by Gasteiger charge is -2.33. The molecule has 1 saturated heterocycles. The highest BCUT2D eigenvalue weighted by molar-refractivity contribution is 5.84. The summed E-state index contributed by atoms with van der Waals surface area (Å²) in [5.41, 5.74) is 2.59. The van der Waals surface area contributed by atoms with Gasteiger partial charge in [0.15, 0.2) is 0 Å². The molecule has 1 aliphatic heterocycles. The van der Waals surface area contributed by atoms with Gasteiger partial charge in [0.05, 0.1) is 18.8 Å². The number of piperidine rings is 1. The molecule has 1 fully saturated rings. The van der Waals surface area contributed by atoms with Crippen LogP contribution in [0.5, 0.6) is 5.75 Å². The summed E-state index contributed by atoms with van der Waals surface area (Å²) in [5, 5.41) is 9.65. The van der Waals surface area contributed by atoms with E-state index in [0.717, 1.165) is 54.7 Å². The molecule has 30 heavy (non-hydrogen) atoms. The molecule has 152 valence electrons. The van der Waals surface area contributed by atoms with E-state index >= 15 is 0 Å². The van der Waals surface area contributed by atoms with Crippen LogP contribution >= 0.6 is 0 Å². The molecule has 0 N–H and O–H groups in total. The molecule has 1 atom stereocenters. The van der Waals surface area contributed by atoms with Crippen LogP contribution in [0.25, 0.3) is 22.5 Å². The Morgan fingerprint density at radius 3 is 2.90 bits per heavy atom. The van der Waals surface area contributed by atoms with Gasteiger partial charge >= 0.3 is 0 Å². The third-order valence-corrected chi connectivity index (χ3v) is 5.55. The zero-order valence-corrected chi connectivity index (χ0v) is 16.9. The van der Waals surface area contributed by atoms with Crippen molar-refractivity contribution < 1.29 is 9.15 Å². The highest BCUT2D eigenvalue weighted by Crippen LogP contribution is 2.33. The third-order valence-electron chi connectivity index (χ3n) is 5.55. The number of pyridine rings is 2. The number of likely N-dealkylation sites (tertiary alicyclic amines) is 1. The molecule has 7 nitrogen and oxygen atoms in total. The van der Waals surface area contributed by atoms with Gasteiger partial charge in [0.25, 0.3) is 5.89 Å². The molecular weight excluding hydrogens is 378 g/mol. The van der Waals surface area contributed by atoms with Crippen LogP contribution in [0.4, 0.5) is 0 Å². The topological polar surface area (TPSA) is 77.2 Å². The minimum Gasteiger partial charge on any atom is -0.494 e. The van der Waals surface area contributed by atoms with Crippen LogP contribution in [-0.2, 0) is 6.54 Å². The smallest absolute Gasteiger partial charge is 0.266 e. The van der Waals surface area contributed by atoms with Crippen LogP contribution in [0.3, 0.4) is 0 Å². The van der Waals surface area contributed by atoms with E-state index in [0.29, 0.717) is 17.5 Å². The van der Waals surface area contributed by atoms with Gasteiger partial charge in [-0.3, -0.25) is 9.88 Å². The number of ether oxygens (including phenoxy) is 1. The van der Waals surface area contributed by atoms with Crippen molar-refractivity contribution in [1.29, 1.82) is 0 Å². The van der Waals surface area contributed by atoms with Crippen molar-refractivity contribution in [3.63, 3.8) is 0 Å². The molecule has 0 spiro atoms. The van der Waals surface area contributed by atoms with Crippen molar-refractivity contribution in [3.05, 3.63) is 66.3 Å². The second-order valence-electron chi connectivity index (χ2n) is 7.48. The summed E-state index contributed by atoms with van der Waals surface area (Å²) < 4.78 is 11.5. The Bertz CT molecular complexity index is 1140. The summed E-state index contributed by atoms with van der Waals surface area (Å²) in [4.78, 5) is 11.6. The van der Waals surface area contributed by atoms with Gasteiger partial charge in [0.1, 0.15) is 17.0 Å². The first-order chi connectivity index (χ1) is 14.8. The van der Waals surface area contributed by atoms with Crippen LogP contribution in [-0.4, -0.2) is 38.7 Å². The number of para-hydroxylation sites is 1. The van der Waals surface area contributed by atoms with E-state index in [4.69, 9.17) is 14.1 Å². The molecule has 0 radical (unpaired) electrons. The van der Waals surface area contributed by atoms with Gasteiger partial charge in [-0.1, -0.05) is 30.7 Å². The maximum atomic E-state index is 6.02. The fourth-order valence-electron chi connectivity index (χ4n) is 4.04. The van der Waals surface area contributed by atoms with Gasteiger partial charge in [-0.05, 0) is 43.7 Å². The van der Waals surface area contributed by atoms with Gasteiger partial charge in [0, 0.05) is 18.1 Å². The van der Waals surface area contributed by atoms with Crippen molar-refractivity contribution in [2.24, 2.45) is 0 Å². The van der Waals surface area contributed by atoms with Crippen molar-refractivity contribution >= 4 is 10.9 Å². The number of rotatable bonds is 5. The zero-order valence-electron chi connectivity index (χ0n) is 16.9. The Labute approximate surface area is 174 Å². The second kappa shape index (κ2) is 8.20. The molecule has 1 aromatic carbocycles. The summed E-state index contributed by atoms with van der Waals surface area (Å²) in [6.45, 7) is 1.69. The largest absolute Gasteiger partial charge is 0.494 e. The van der Waals surface area contributed by atoms with E-state index in [-0.39, 0.29) is 6.04 Å². The number of aromatic nitrogens is 4. The third kappa shape index (κ3) is 3.64. The fraction of sp³-hybridized carbons (Fsp3) is 0.304. The zero-order chi connectivity index (χ0) is 20.3. The van der Waals surface area contributed by atoms with Gasteiger partial charge in [-0.25, -0.2) is 4.98 Å². The minimum absolute atomic E-state index is 0.0823. The predicted octanol–water partition coefficient (Wildman–Crippen LogP) is 4.42.